The Balaban J connectivity index is 1.73. The number of anilines is 2. The number of aryl methyl sites for hydroxylation is 2. The summed E-state index contributed by atoms with van der Waals surface area (Å²) in [5.41, 5.74) is 2.68. The number of carbonyl (C=O) groups excluding carboxylic acids is 1. The maximum absolute atomic E-state index is 12.7. The van der Waals surface area contributed by atoms with Crippen LogP contribution in [0.4, 0.5) is 11.5 Å². The highest BCUT2D eigenvalue weighted by molar-refractivity contribution is 7.92. The second-order valence-corrected chi connectivity index (χ2v) is 8.51. The van der Waals surface area contributed by atoms with Gasteiger partial charge in [-0.3, -0.25) is 14.6 Å². The predicted molar refractivity (Wildman–Crippen MR) is 114 cm³/mol. The van der Waals surface area contributed by atoms with Crippen molar-refractivity contribution in [3.8, 4) is 0 Å². The quantitative estimate of drug-likeness (QED) is 0.518. The van der Waals surface area contributed by atoms with E-state index >= 15 is 0 Å². The Kier molecular flexibility index (Phi) is 6.33. The predicted octanol–water partition coefficient (Wildman–Crippen LogP) is 4.11. The summed E-state index contributed by atoms with van der Waals surface area (Å²) in [6.45, 7) is 3.95. The lowest BCUT2D eigenvalue weighted by Crippen LogP contribution is -2.16. The van der Waals surface area contributed by atoms with E-state index in [1.54, 1.807) is 24.3 Å². The second kappa shape index (κ2) is 8.91. The van der Waals surface area contributed by atoms with E-state index in [1.165, 1.54) is 23.8 Å². The molecule has 0 fully saturated rings. The van der Waals surface area contributed by atoms with Crippen LogP contribution in [0.3, 0.4) is 0 Å². The van der Waals surface area contributed by atoms with Crippen LogP contribution in [0.2, 0.25) is 0 Å². The first-order valence-electron chi connectivity index (χ1n) is 9.42. The first-order valence-corrected chi connectivity index (χ1v) is 10.9. The van der Waals surface area contributed by atoms with Gasteiger partial charge in [-0.2, -0.15) is 5.10 Å². The summed E-state index contributed by atoms with van der Waals surface area (Å²) in [4.78, 5) is 12.4. The molecule has 29 heavy (non-hydrogen) atoms. The van der Waals surface area contributed by atoms with Gasteiger partial charge in [0.05, 0.1) is 4.90 Å². The number of sulfonamides is 1. The van der Waals surface area contributed by atoms with Crippen molar-refractivity contribution in [2.45, 2.75) is 38.0 Å². The van der Waals surface area contributed by atoms with Crippen molar-refractivity contribution in [3.63, 3.8) is 0 Å². The Bertz CT molecular complexity index is 1090. The topological polar surface area (TPSA) is 104 Å². The van der Waals surface area contributed by atoms with E-state index in [4.69, 9.17) is 0 Å². The van der Waals surface area contributed by atoms with Crippen LogP contribution in [-0.4, -0.2) is 24.5 Å². The molecule has 1 heterocycles. The smallest absolute Gasteiger partial charge is 0.261 e. The molecule has 8 heteroatoms. The third-order valence-electron chi connectivity index (χ3n) is 4.38. The van der Waals surface area contributed by atoms with Gasteiger partial charge in [-0.1, -0.05) is 31.5 Å². The Labute approximate surface area is 170 Å². The number of hydrogen-bond donors (Lipinski definition) is 3. The van der Waals surface area contributed by atoms with Crippen molar-refractivity contribution in [3.05, 3.63) is 71.4 Å². The highest BCUT2D eigenvalue weighted by atomic mass is 32.2. The zero-order chi connectivity index (χ0) is 20.9. The fourth-order valence-electron chi connectivity index (χ4n) is 2.81. The summed E-state index contributed by atoms with van der Waals surface area (Å²) in [5, 5.41) is 9.31. The van der Waals surface area contributed by atoms with Crippen molar-refractivity contribution in [2.75, 3.05) is 10.0 Å². The van der Waals surface area contributed by atoms with Crippen molar-refractivity contribution >= 4 is 27.4 Å². The number of carbonyl (C=O) groups is 1. The Morgan fingerprint density at radius 3 is 2.52 bits per heavy atom. The van der Waals surface area contributed by atoms with Crippen LogP contribution in [-0.2, 0) is 16.4 Å². The summed E-state index contributed by atoms with van der Waals surface area (Å²) in [6, 6.07) is 14.9. The molecule has 0 unspecified atom stereocenters. The number of rotatable bonds is 8. The fraction of sp³-hybridized carbons (Fsp3) is 0.238. The van der Waals surface area contributed by atoms with Gasteiger partial charge in [-0.05, 0) is 55.7 Å². The van der Waals surface area contributed by atoms with Crippen molar-refractivity contribution in [2.24, 2.45) is 0 Å². The fourth-order valence-corrected chi connectivity index (χ4v) is 3.91. The standard InChI is InChI=1S/C21H24N4O3S/c1-3-4-6-16-9-11-18(12-10-16)25-29(27,28)19-8-5-7-17(14-19)21(26)22-20-13-15(2)23-24-20/h5,7-14,25H,3-4,6H2,1-2H3,(H2,22,23,24,26). The average Bonchev–Trinajstić information content (AvgIpc) is 3.12. The second-order valence-electron chi connectivity index (χ2n) is 6.82. The van der Waals surface area contributed by atoms with Crippen LogP contribution < -0.4 is 10.0 Å². The number of nitrogens with one attached hydrogen (secondary N) is 3. The third-order valence-corrected chi connectivity index (χ3v) is 5.76. The van der Waals surface area contributed by atoms with Gasteiger partial charge < -0.3 is 5.32 Å². The summed E-state index contributed by atoms with van der Waals surface area (Å²) in [7, 11) is -3.82. The van der Waals surface area contributed by atoms with Gasteiger partial charge in [-0.15, -0.1) is 0 Å². The molecule has 3 N–H and O–H groups in total. The van der Waals surface area contributed by atoms with E-state index in [0.29, 0.717) is 11.5 Å². The molecule has 0 aliphatic carbocycles. The van der Waals surface area contributed by atoms with Crippen LogP contribution in [0.5, 0.6) is 0 Å². The van der Waals surface area contributed by atoms with E-state index in [-0.39, 0.29) is 10.5 Å². The lowest BCUT2D eigenvalue weighted by atomic mass is 10.1. The Morgan fingerprint density at radius 2 is 1.86 bits per heavy atom. The van der Waals surface area contributed by atoms with Crippen LogP contribution >= 0.6 is 0 Å². The molecule has 0 aliphatic heterocycles. The Hall–Kier alpha value is -3.13. The lowest BCUT2D eigenvalue weighted by molar-refractivity contribution is 0.102. The zero-order valence-electron chi connectivity index (χ0n) is 16.4. The van der Waals surface area contributed by atoms with Crippen LogP contribution in [0.1, 0.15) is 41.4 Å². The van der Waals surface area contributed by atoms with Gasteiger partial charge in [0.1, 0.15) is 0 Å². The molecule has 1 amide bonds. The minimum absolute atomic E-state index is 0.0124. The Morgan fingerprint density at radius 1 is 1.10 bits per heavy atom. The van der Waals surface area contributed by atoms with Crippen LogP contribution in [0.15, 0.2) is 59.5 Å². The number of aromatic nitrogens is 2. The van der Waals surface area contributed by atoms with E-state index in [0.717, 1.165) is 25.0 Å². The number of amides is 1. The maximum atomic E-state index is 12.7. The highest BCUT2D eigenvalue weighted by Gasteiger charge is 2.17. The van der Waals surface area contributed by atoms with E-state index < -0.39 is 15.9 Å². The minimum Gasteiger partial charge on any atom is -0.305 e. The number of nitrogens with zero attached hydrogens (tertiary/aromatic N) is 1. The van der Waals surface area contributed by atoms with Gasteiger partial charge in [-0.25, -0.2) is 8.42 Å². The first kappa shape index (κ1) is 20.6. The SMILES string of the molecule is CCCCc1ccc(NS(=O)(=O)c2cccc(C(=O)Nc3cc(C)[nH]n3)c2)cc1. The molecule has 3 rings (SSSR count). The maximum Gasteiger partial charge on any atom is 0.261 e. The third kappa shape index (κ3) is 5.45. The van der Waals surface area contributed by atoms with Crippen LogP contribution in [0, 0.1) is 6.92 Å². The molecule has 0 atom stereocenters. The number of hydrogen-bond acceptors (Lipinski definition) is 4. The molecule has 0 radical (unpaired) electrons. The molecule has 2 aromatic carbocycles. The van der Waals surface area contributed by atoms with Gasteiger partial charge in [0.2, 0.25) is 0 Å². The minimum atomic E-state index is -3.82. The van der Waals surface area contributed by atoms with Gasteiger partial charge in [0, 0.05) is 23.0 Å². The van der Waals surface area contributed by atoms with Gasteiger partial charge in [0.15, 0.2) is 5.82 Å². The average molecular weight is 413 g/mol. The van der Waals surface area contributed by atoms with E-state index in [9.17, 15) is 13.2 Å². The molecule has 3 aromatic rings. The van der Waals surface area contributed by atoms with Crippen molar-refractivity contribution in [1.29, 1.82) is 0 Å². The molecular formula is C21H24N4O3S. The van der Waals surface area contributed by atoms with Crippen molar-refractivity contribution in [1.82, 2.24) is 10.2 Å². The van der Waals surface area contributed by atoms with Gasteiger partial charge >= 0.3 is 0 Å². The molecule has 0 bridgehead atoms. The molecule has 0 saturated carbocycles. The van der Waals surface area contributed by atoms with E-state index in [2.05, 4.69) is 27.2 Å². The lowest BCUT2D eigenvalue weighted by Gasteiger charge is -2.10. The molecule has 0 aliphatic rings. The summed E-state index contributed by atoms with van der Waals surface area (Å²) >= 11 is 0. The number of H-pyrrole nitrogens is 1. The summed E-state index contributed by atoms with van der Waals surface area (Å²) in [6.07, 6.45) is 3.17. The normalized spacial score (nSPS) is 11.2. The highest BCUT2D eigenvalue weighted by Crippen LogP contribution is 2.19. The number of benzene rings is 2. The van der Waals surface area contributed by atoms with Crippen LogP contribution in [0.25, 0.3) is 0 Å². The zero-order valence-corrected chi connectivity index (χ0v) is 17.2. The van der Waals surface area contributed by atoms with Crippen molar-refractivity contribution < 1.29 is 13.2 Å². The summed E-state index contributed by atoms with van der Waals surface area (Å²) in [5.74, 6) is -0.0594. The number of aromatic amines is 1. The monoisotopic (exact) mass is 412 g/mol. The molecule has 0 saturated heterocycles. The summed E-state index contributed by atoms with van der Waals surface area (Å²) < 4.78 is 28.0. The number of unbranched alkanes of at least 4 members (excludes halogenated alkanes) is 1. The molecular weight excluding hydrogens is 388 g/mol. The van der Waals surface area contributed by atoms with Gasteiger partial charge in [0.25, 0.3) is 15.9 Å². The molecule has 1 aromatic heterocycles. The molecule has 7 nitrogen and oxygen atoms in total. The largest absolute Gasteiger partial charge is 0.305 e. The molecule has 0 spiro atoms. The molecule has 152 valence electrons. The van der Waals surface area contributed by atoms with E-state index in [1.807, 2.05) is 19.1 Å². The first-order chi connectivity index (χ1) is 13.9.